The number of benzene rings is 2. The fraction of sp³-hybridized carbons (Fsp3) is 0.368. The van der Waals surface area contributed by atoms with Gasteiger partial charge in [0, 0.05) is 13.1 Å². The van der Waals surface area contributed by atoms with Gasteiger partial charge < -0.3 is 14.2 Å². The molecule has 4 heteroatoms. The van der Waals surface area contributed by atoms with Gasteiger partial charge in [-0.25, -0.2) is 0 Å². The van der Waals surface area contributed by atoms with E-state index in [1.807, 2.05) is 24.3 Å². The molecule has 0 bridgehead atoms. The molecule has 0 N–H and O–H groups in total. The molecule has 0 unspecified atom stereocenters. The van der Waals surface area contributed by atoms with E-state index in [-0.39, 0.29) is 0 Å². The molecule has 122 valence electrons. The van der Waals surface area contributed by atoms with Crippen LogP contribution in [0.2, 0.25) is 0 Å². The lowest BCUT2D eigenvalue weighted by Crippen LogP contribution is -2.24. The number of para-hydroxylation sites is 1. The van der Waals surface area contributed by atoms with Crippen LogP contribution in [0.1, 0.15) is 11.1 Å². The average Bonchev–Trinajstić information content (AvgIpc) is 2.56. The van der Waals surface area contributed by atoms with Crippen molar-refractivity contribution >= 4 is 0 Å². The van der Waals surface area contributed by atoms with Gasteiger partial charge in [-0.15, -0.1) is 0 Å². The molecule has 2 aromatic rings. The summed E-state index contributed by atoms with van der Waals surface area (Å²) in [6.45, 7) is 5.70. The summed E-state index contributed by atoms with van der Waals surface area (Å²) in [4.78, 5) is 2.24. The minimum Gasteiger partial charge on any atom is -0.492 e. The van der Waals surface area contributed by atoms with Crippen LogP contribution in [0.15, 0.2) is 42.5 Å². The zero-order chi connectivity index (χ0) is 16.1. The maximum atomic E-state index is 5.85. The third-order valence-electron chi connectivity index (χ3n) is 3.88. The molecular formula is C19H23NO3. The summed E-state index contributed by atoms with van der Waals surface area (Å²) in [6, 6.07) is 14.2. The van der Waals surface area contributed by atoms with Crippen molar-refractivity contribution in [3.63, 3.8) is 0 Å². The number of fused-ring (bicyclic) bond motifs is 1. The lowest BCUT2D eigenvalue weighted by Gasteiger charge is -2.21. The minimum atomic E-state index is 0.622. The van der Waals surface area contributed by atoms with Crippen LogP contribution in [-0.4, -0.2) is 38.3 Å². The molecule has 2 aromatic carbocycles. The normalized spacial score (nSPS) is 13.2. The summed E-state index contributed by atoms with van der Waals surface area (Å²) in [5.74, 6) is 2.64. The number of likely N-dealkylation sites (N-methyl/N-ethyl adjacent to an activating group) is 1. The van der Waals surface area contributed by atoms with Crippen LogP contribution in [0.25, 0.3) is 0 Å². The van der Waals surface area contributed by atoms with Gasteiger partial charge >= 0.3 is 0 Å². The van der Waals surface area contributed by atoms with Gasteiger partial charge in [-0.2, -0.15) is 0 Å². The highest BCUT2D eigenvalue weighted by atomic mass is 16.6. The van der Waals surface area contributed by atoms with Gasteiger partial charge in [0.25, 0.3) is 0 Å². The van der Waals surface area contributed by atoms with E-state index in [2.05, 4.69) is 37.1 Å². The van der Waals surface area contributed by atoms with E-state index in [1.165, 1.54) is 11.1 Å². The van der Waals surface area contributed by atoms with E-state index in [4.69, 9.17) is 14.2 Å². The molecule has 1 heterocycles. The lowest BCUT2D eigenvalue weighted by atomic mass is 10.2. The van der Waals surface area contributed by atoms with Crippen molar-refractivity contribution in [3.8, 4) is 17.2 Å². The second-order valence-corrected chi connectivity index (χ2v) is 5.83. The summed E-state index contributed by atoms with van der Waals surface area (Å²) in [6.07, 6.45) is 0. The fourth-order valence-electron chi connectivity index (χ4n) is 2.61. The first-order valence-electron chi connectivity index (χ1n) is 7.98. The predicted octanol–water partition coefficient (Wildman–Crippen LogP) is 3.28. The van der Waals surface area contributed by atoms with Crippen molar-refractivity contribution in [3.05, 3.63) is 53.6 Å². The van der Waals surface area contributed by atoms with Crippen LogP contribution in [0.5, 0.6) is 17.2 Å². The van der Waals surface area contributed by atoms with Crippen LogP contribution in [-0.2, 0) is 6.54 Å². The summed E-state index contributed by atoms with van der Waals surface area (Å²) in [5, 5.41) is 0. The van der Waals surface area contributed by atoms with Crippen LogP contribution >= 0.6 is 0 Å². The molecule has 0 spiro atoms. The van der Waals surface area contributed by atoms with Crippen molar-refractivity contribution in [1.82, 2.24) is 4.90 Å². The molecule has 0 saturated heterocycles. The molecule has 0 aromatic heterocycles. The first-order chi connectivity index (χ1) is 11.2. The van der Waals surface area contributed by atoms with Gasteiger partial charge in [0.2, 0.25) is 0 Å². The van der Waals surface area contributed by atoms with E-state index in [9.17, 15) is 0 Å². The fourth-order valence-corrected chi connectivity index (χ4v) is 2.61. The molecule has 4 nitrogen and oxygen atoms in total. The minimum absolute atomic E-state index is 0.622. The molecule has 23 heavy (non-hydrogen) atoms. The van der Waals surface area contributed by atoms with Gasteiger partial charge in [0.15, 0.2) is 11.5 Å². The highest BCUT2D eigenvalue weighted by molar-refractivity contribution is 5.43. The molecule has 0 aliphatic carbocycles. The second kappa shape index (κ2) is 7.38. The average molecular weight is 313 g/mol. The van der Waals surface area contributed by atoms with Crippen LogP contribution in [0.3, 0.4) is 0 Å². The van der Waals surface area contributed by atoms with Crippen molar-refractivity contribution in [2.45, 2.75) is 13.5 Å². The van der Waals surface area contributed by atoms with Crippen LogP contribution in [0.4, 0.5) is 0 Å². The van der Waals surface area contributed by atoms with Crippen molar-refractivity contribution in [1.29, 1.82) is 0 Å². The summed E-state index contributed by atoms with van der Waals surface area (Å²) < 4.78 is 17.0. The predicted molar refractivity (Wildman–Crippen MR) is 90.4 cm³/mol. The Labute approximate surface area is 137 Å². The number of ether oxygens (including phenoxy) is 3. The van der Waals surface area contributed by atoms with Gasteiger partial charge in [0.05, 0.1) is 0 Å². The molecule has 0 amide bonds. The van der Waals surface area contributed by atoms with E-state index < -0.39 is 0 Å². The standard InChI is InChI=1S/C19H23NO3/c1-15-5-3-4-6-17(15)21-10-9-20(2)14-16-7-8-18-19(13-16)23-12-11-22-18/h3-8,13H,9-12,14H2,1-2H3. The Morgan fingerprint density at radius 1 is 1.04 bits per heavy atom. The van der Waals surface area contributed by atoms with Crippen molar-refractivity contribution < 1.29 is 14.2 Å². The zero-order valence-corrected chi connectivity index (χ0v) is 13.7. The van der Waals surface area contributed by atoms with Gasteiger partial charge in [-0.3, -0.25) is 4.90 Å². The number of hydrogen-bond acceptors (Lipinski definition) is 4. The second-order valence-electron chi connectivity index (χ2n) is 5.83. The third kappa shape index (κ3) is 4.17. The SMILES string of the molecule is Cc1ccccc1OCCN(C)Cc1ccc2c(c1)OCCO2. The Morgan fingerprint density at radius 3 is 2.65 bits per heavy atom. The summed E-state index contributed by atoms with van der Waals surface area (Å²) in [7, 11) is 2.10. The number of hydrogen-bond donors (Lipinski definition) is 0. The van der Waals surface area contributed by atoms with Crippen LogP contribution < -0.4 is 14.2 Å². The lowest BCUT2D eigenvalue weighted by molar-refractivity contribution is 0.171. The number of rotatable bonds is 6. The Bertz CT molecular complexity index is 657. The Hall–Kier alpha value is -2.20. The Kier molecular flexibility index (Phi) is 5.03. The maximum Gasteiger partial charge on any atom is 0.161 e. The number of aryl methyl sites for hydroxylation is 1. The van der Waals surface area contributed by atoms with E-state index in [0.29, 0.717) is 19.8 Å². The molecular weight excluding hydrogens is 290 g/mol. The largest absolute Gasteiger partial charge is 0.492 e. The monoisotopic (exact) mass is 313 g/mol. The first kappa shape index (κ1) is 15.7. The van der Waals surface area contributed by atoms with Crippen molar-refractivity contribution in [2.75, 3.05) is 33.4 Å². The zero-order valence-electron chi connectivity index (χ0n) is 13.7. The molecule has 1 aliphatic heterocycles. The summed E-state index contributed by atoms with van der Waals surface area (Å²) >= 11 is 0. The molecule has 0 fully saturated rings. The van der Waals surface area contributed by atoms with E-state index in [0.717, 1.165) is 30.3 Å². The Balaban J connectivity index is 1.49. The van der Waals surface area contributed by atoms with E-state index >= 15 is 0 Å². The Morgan fingerprint density at radius 2 is 1.83 bits per heavy atom. The van der Waals surface area contributed by atoms with E-state index in [1.54, 1.807) is 0 Å². The molecule has 0 radical (unpaired) electrons. The molecule has 1 aliphatic rings. The first-order valence-corrected chi connectivity index (χ1v) is 7.98. The maximum absolute atomic E-state index is 5.85. The van der Waals surface area contributed by atoms with Gasteiger partial charge in [-0.1, -0.05) is 24.3 Å². The quantitative estimate of drug-likeness (QED) is 0.819. The van der Waals surface area contributed by atoms with Gasteiger partial charge in [0.1, 0.15) is 25.6 Å². The topological polar surface area (TPSA) is 30.9 Å². The third-order valence-corrected chi connectivity index (χ3v) is 3.88. The smallest absolute Gasteiger partial charge is 0.161 e. The number of nitrogens with zero attached hydrogens (tertiary/aromatic N) is 1. The molecule has 3 rings (SSSR count). The molecule has 0 saturated carbocycles. The van der Waals surface area contributed by atoms with Crippen molar-refractivity contribution in [2.24, 2.45) is 0 Å². The highest BCUT2D eigenvalue weighted by Crippen LogP contribution is 2.31. The summed E-state index contributed by atoms with van der Waals surface area (Å²) in [5.41, 5.74) is 2.38. The van der Waals surface area contributed by atoms with Crippen LogP contribution in [0, 0.1) is 6.92 Å². The van der Waals surface area contributed by atoms with Gasteiger partial charge in [-0.05, 0) is 43.3 Å². The highest BCUT2D eigenvalue weighted by Gasteiger charge is 2.12. The molecule has 0 atom stereocenters.